The summed E-state index contributed by atoms with van der Waals surface area (Å²) in [5.41, 5.74) is 7.24. The summed E-state index contributed by atoms with van der Waals surface area (Å²) in [5, 5.41) is 0. The van der Waals surface area contributed by atoms with Gasteiger partial charge in [-0.2, -0.15) is 0 Å². The molecule has 1 aromatic rings. The van der Waals surface area contributed by atoms with Gasteiger partial charge >= 0.3 is 0 Å². The van der Waals surface area contributed by atoms with Crippen molar-refractivity contribution < 1.29 is 4.74 Å². The van der Waals surface area contributed by atoms with E-state index in [-0.39, 0.29) is 0 Å². The van der Waals surface area contributed by atoms with Crippen molar-refractivity contribution in [1.29, 1.82) is 0 Å². The molecule has 0 amide bonds. The minimum atomic E-state index is 0.410. The molecule has 0 spiro atoms. The molecular formula is C15H23BrN2O. The topological polar surface area (TPSA) is 38.5 Å². The van der Waals surface area contributed by atoms with Gasteiger partial charge in [-0.1, -0.05) is 15.9 Å². The Hall–Kier alpha value is -0.580. The Labute approximate surface area is 124 Å². The quantitative estimate of drug-likeness (QED) is 0.923. The van der Waals surface area contributed by atoms with Gasteiger partial charge in [-0.05, 0) is 56.5 Å². The van der Waals surface area contributed by atoms with Crippen LogP contribution in [0.3, 0.4) is 0 Å². The molecule has 1 fully saturated rings. The Morgan fingerprint density at radius 2 is 2.00 bits per heavy atom. The van der Waals surface area contributed by atoms with E-state index < -0.39 is 0 Å². The maximum atomic E-state index is 5.97. The van der Waals surface area contributed by atoms with Crippen LogP contribution in [-0.2, 0) is 6.54 Å². The summed E-state index contributed by atoms with van der Waals surface area (Å²) >= 11 is 3.62. The molecule has 0 bridgehead atoms. The van der Waals surface area contributed by atoms with Crippen molar-refractivity contribution >= 4 is 15.9 Å². The Kier molecular flexibility index (Phi) is 5.25. The summed E-state index contributed by atoms with van der Waals surface area (Å²) in [4.78, 5) is 2.44. The van der Waals surface area contributed by atoms with E-state index in [1.807, 2.05) is 6.07 Å². The van der Waals surface area contributed by atoms with Gasteiger partial charge in [0.1, 0.15) is 5.75 Å². The first-order chi connectivity index (χ1) is 9.10. The number of rotatable bonds is 4. The minimum Gasteiger partial charge on any atom is -0.497 e. The molecule has 106 valence electrons. The van der Waals surface area contributed by atoms with Gasteiger partial charge in [-0.15, -0.1) is 0 Å². The lowest BCUT2D eigenvalue weighted by atomic mass is 9.91. The molecule has 0 aromatic heterocycles. The highest BCUT2D eigenvalue weighted by atomic mass is 79.9. The third-order valence-corrected chi connectivity index (χ3v) is 4.81. The maximum Gasteiger partial charge on any atom is 0.119 e. The lowest BCUT2D eigenvalue weighted by molar-refractivity contribution is 0.176. The van der Waals surface area contributed by atoms with E-state index in [1.165, 1.54) is 18.4 Å². The van der Waals surface area contributed by atoms with Crippen molar-refractivity contribution in [3.8, 4) is 5.75 Å². The highest BCUT2D eigenvalue weighted by molar-refractivity contribution is 9.10. The van der Waals surface area contributed by atoms with Gasteiger partial charge in [-0.25, -0.2) is 0 Å². The fraction of sp³-hybridized carbons (Fsp3) is 0.600. The van der Waals surface area contributed by atoms with Crippen LogP contribution in [-0.4, -0.2) is 31.1 Å². The molecule has 0 atom stereocenters. The third-order valence-electron chi connectivity index (χ3n) is 4.04. The second-order valence-electron chi connectivity index (χ2n) is 5.44. The summed E-state index contributed by atoms with van der Waals surface area (Å²) < 4.78 is 6.44. The first-order valence-electron chi connectivity index (χ1n) is 6.88. The smallest absolute Gasteiger partial charge is 0.119 e. The molecule has 2 N–H and O–H groups in total. The number of hydrogen-bond acceptors (Lipinski definition) is 3. The monoisotopic (exact) mass is 326 g/mol. The van der Waals surface area contributed by atoms with E-state index in [2.05, 4.69) is 40.0 Å². The van der Waals surface area contributed by atoms with Gasteiger partial charge in [0.15, 0.2) is 0 Å². The van der Waals surface area contributed by atoms with E-state index in [9.17, 15) is 0 Å². The predicted octanol–water partition coefficient (Wildman–Crippen LogP) is 3.16. The Morgan fingerprint density at radius 1 is 1.32 bits per heavy atom. The fourth-order valence-corrected chi connectivity index (χ4v) is 3.11. The number of halogens is 1. The average molecular weight is 327 g/mol. The fourth-order valence-electron chi connectivity index (χ4n) is 2.74. The molecule has 3 nitrogen and oxygen atoms in total. The van der Waals surface area contributed by atoms with Crippen LogP contribution < -0.4 is 10.5 Å². The minimum absolute atomic E-state index is 0.410. The lowest BCUT2D eigenvalue weighted by Crippen LogP contribution is -2.38. The number of benzene rings is 1. The summed E-state index contributed by atoms with van der Waals surface area (Å²) in [5.74, 6) is 0.914. The van der Waals surface area contributed by atoms with Gasteiger partial charge in [-0.3, -0.25) is 4.90 Å². The highest BCUT2D eigenvalue weighted by Gasteiger charge is 2.22. The van der Waals surface area contributed by atoms with Crippen molar-refractivity contribution in [1.82, 2.24) is 4.90 Å². The molecule has 4 heteroatoms. The third kappa shape index (κ3) is 3.94. The first-order valence-corrected chi connectivity index (χ1v) is 7.67. The van der Waals surface area contributed by atoms with Crippen molar-refractivity contribution in [3.05, 3.63) is 28.2 Å². The van der Waals surface area contributed by atoms with E-state index in [0.717, 1.165) is 29.6 Å². The first kappa shape index (κ1) is 14.8. The van der Waals surface area contributed by atoms with E-state index in [4.69, 9.17) is 10.5 Å². The van der Waals surface area contributed by atoms with Crippen molar-refractivity contribution in [2.75, 3.05) is 14.2 Å². The van der Waals surface area contributed by atoms with Gasteiger partial charge in [0, 0.05) is 23.1 Å². The number of nitrogens with two attached hydrogens (primary N) is 1. The summed E-state index contributed by atoms with van der Waals surface area (Å²) in [7, 11) is 3.91. The zero-order chi connectivity index (χ0) is 13.8. The van der Waals surface area contributed by atoms with Crippen LogP contribution in [0.25, 0.3) is 0 Å². The molecule has 0 unspecified atom stereocenters. The lowest BCUT2D eigenvalue weighted by Gasteiger charge is -2.33. The molecule has 0 saturated heterocycles. The van der Waals surface area contributed by atoms with Crippen molar-refractivity contribution in [3.63, 3.8) is 0 Å². The van der Waals surface area contributed by atoms with Crippen LogP contribution in [0.15, 0.2) is 22.7 Å². The van der Waals surface area contributed by atoms with Crippen LogP contribution in [0.1, 0.15) is 31.2 Å². The van der Waals surface area contributed by atoms with Gasteiger partial charge in [0.25, 0.3) is 0 Å². The normalized spacial score (nSPS) is 23.6. The average Bonchev–Trinajstić information content (AvgIpc) is 2.42. The molecule has 1 aromatic carbocycles. The number of nitrogens with zero attached hydrogens (tertiary/aromatic N) is 1. The number of methoxy groups -OCH3 is 1. The molecule has 1 aliphatic rings. The van der Waals surface area contributed by atoms with Gasteiger partial charge < -0.3 is 10.5 Å². The number of hydrogen-bond donors (Lipinski definition) is 1. The predicted molar refractivity (Wildman–Crippen MR) is 82.4 cm³/mol. The second kappa shape index (κ2) is 6.73. The van der Waals surface area contributed by atoms with Crippen LogP contribution in [0.4, 0.5) is 0 Å². The molecule has 2 rings (SSSR count). The van der Waals surface area contributed by atoms with Crippen molar-refractivity contribution in [2.45, 2.75) is 44.3 Å². The van der Waals surface area contributed by atoms with Crippen LogP contribution in [0, 0.1) is 0 Å². The summed E-state index contributed by atoms with van der Waals surface area (Å²) in [6.07, 6.45) is 4.71. The number of ether oxygens (including phenoxy) is 1. The van der Waals surface area contributed by atoms with E-state index in [0.29, 0.717) is 12.1 Å². The Balaban J connectivity index is 2.00. The zero-order valence-corrected chi connectivity index (χ0v) is 13.3. The molecule has 0 radical (unpaired) electrons. The highest BCUT2D eigenvalue weighted by Crippen LogP contribution is 2.27. The van der Waals surface area contributed by atoms with Crippen LogP contribution in [0.5, 0.6) is 5.75 Å². The van der Waals surface area contributed by atoms with Gasteiger partial charge in [0.2, 0.25) is 0 Å². The summed E-state index contributed by atoms with van der Waals surface area (Å²) in [6, 6.07) is 7.20. The molecule has 1 aliphatic carbocycles. The van der Waals surface area contributed by atoms with Gasteiger partial charge in [0.05, 0.1) is 7.11 Å². The van der Waals surface area contributed by atoms with Crippen LogP contribution in [0.2, 0.25) is 0 Å². The molecule has 1 saturated carbocycles. The van der Waals surface area contributed by atoms with Crippen molar-refractivity contribution in [2.24, 2.45) is 5.73 Å². The standard InChI is InChI=1S/C15H23BrN2O/c1-18(13-5-3-12(17)4-6-13)10-11-9-14(19-2)7-8-15(11)16/h7-9,12-13H,3-6,10,17H2,1-2H3. The second-order valence-corrected chi connectivity index (χ2v) is 6.30. The molecule has 19 heavy (non-hydrogen) atoms. The van der Waals surface area contributed by atoms with E-state index >= 15 is 0 Å². The molecular weight excluding hydrogens is 304 g/mol. The Morgan fingerprint density at radius 3 is 2.63 bits per heavy atom. The van der Waals surface area contributed by atoms with E-state index in [1.54, 1.807) is 7.11 Å². The molecule has 0 heterocycles. The Bertz CT molecular complexity index is 417. The van der Waals surface area contributed by atoms with Crippen LogP contribution >= 0.6 is 15.9 Å². The SMILES string of the molecule is COc1ccc(Br)c(CN(C)C2CCC(N)CC2)c1. The largest absolute Gasteiger partial charge is 0.497 e. The molecule has 0 aliphatic heterocycles. The maximum absolute atomic E-state index is 5.97. The summed E-state index contributed by atoms with van der Waals surface area (Å²) in [6.45, 7) is 0.942. The zero-order valence-electron chi connectivity index (χ0n) is 11.7.